The predicted octanol–water partition coefficient (Wildman–Crippen LogP) is 2.00. The van der Waals surface area contributed by atoms with Crippen molar-refractivity contribution < 1.29 is 14.3 Å². The number of hydrogen-bond donors (Lipinski definition) is 3. The summed E-state index contributed by atoms with van der Waals surface area (Å²) in [5.41, 5.74) is 5.93. The lowest BCUT2D eigenvalue weighted by Gasteiger charge is -2.29. The molecule has 1 amide bonds. The number of aliphatic hydroxyl groups is 1. The Kier molecular flexibility index (Phi) is 4.89. The molecule has 0 saturated heterocycles. The number of halogens is 1. The highest BCUT2D eigenvalue weighted by Gasteiger charge is 2.24. The van der Waals surface area contributed by atoms with Crippen LogP contribution in [0.4, 0.5) is 10.1 Å². The van der Waals surface area contributed by atoms with Gasteiger partial charge in [0, 0.05) is 29.0 Å². The second kappa shape index (κ2) is 6.02. The molecule has 19 heavy (non-hydrogen) atoms. The van der Waals surface area contributed by atoms with Crippen molar-refractivity contribution in [1.82, 2.24) is 5.32 Å². The molecule has 5 heteroatoms. The lowest BCUT2D eigenvalue weighted by Crippen LogP contribution is -2.46. The lowest BCUT2D eigenvalue weighted by atomic mass is 9.94. The van der Waals surface area contributed by atoms with E-state index in [0.717, 1.165) is 0 Å². The Labute approximate surface area is 112 Å². The summed E-state index contributed by atoms with van der Waals surface area (Å²) >= 11 is 0. The summed E-state index contributed by atoms with van der Waals surface area (Å²) in [4.78, 5) is 12.1. The monoisotopic (exact) mass is 268 g/mol. The van der Waals surface area contributed by atoms with Crippen LogP contribution in [0, 0.1) is 12.7 Å². The number of benzene rings is 1. The molecule has 4 N–H and O–H groups in total. The molecular weight excluding hydrogens is 247 g/mol. The Morgan fingerprint density at radius 1 is 1.53 bits per heavy atom. The van der Waals surface area contributed by atoms with Gasteiger partial charge in [-0.3, -0.25) is 4.79 Å². The Balaban J connectivity index is 2.95. The van der Waals surface area contributed by atoms with Crippen molar-refractivity contribution in [2.24, 2.45) is 0 Å². The molecular formula is C14H21FN2O2. The number of nitrogens with two attached hydrogens (primary N) is 1. The van der Waals surface area contributed by atoms with Crippen LogP contribution in [0.1, 0.15) is 42.6 Å². The smallest absolute Gasteiger partial charge is 0.251 e. The minimum Gasteiger partial charge on any atom is -0.398 e. The van der Waals surface area contributed by atoms with Crippen molar-refractivity contribution in [3.8, 4) is 0 Å². The summed E-state index contributed by atoms with van der Waals surface area (Å²) in [6.45, 7) is 5.30. The van der Waals surface area contributed by atoms with Gasteiger partial charge in [0.1, 0.15) is 5.82 Å². The van der Waals surface area contributed by atoms with E-state index in [1.807, 2.05) is 13.8 Å². The minimum absolute atomic E-state index is 0.0188. The molecule has 4 nitrogen and oxygen atoms in total. The van der Waals surface area contributed by atoms with Crippen LogP contribution in [-0.4, -0.2) is 23.2 Å². The standard InChI is InChI=1S/C14H21FN2O2/c1-4-14(3,5-6-18)17-13(19)10-7-11(15)9(2)12(16)8-10/h7-8,18H,4-6,16H2,1-3H3,(H,17,19). The van der Waals surface area contributed by atoms with Gasteiger partial charge >= 0.3 is 0 Å². The minimum atomic E-state index is -0.512. The third-order valence-corrected chi connectivity index (χ3v) is 3.51. The van der Waals surface area contributed by atoms with Crippen molar-refractivity contribution >= 4 is 11.6 Å². The van der Waals surface area contributed by atoms with Crippen molar-refractivity contribution in [2.45, 2.75) is 39.2 Å². The molecule has 0 fully saturated rings. The summed E-state index contributed by atoms with van der Waals surface area (Å²) < 4.78 is 13.6. The van der Waals surface area contributed by atoms with Crippen LogP contribution in [0.25, 0.3) is 0 Å². The van der Waals surface area contributed by atoms with Crippen LogP contribution in [0.5, 0.6) is 0 Å². The lowest BCUT2D eigenvalue weighted by molar-refractivity contribution is 0.0885. The fourth-order valence-corrected chi connectivity index (χ4v) is 1.75. The van der Waals surface area contributed by atoms with Gasteiger partial charge in [-0.1, -0.05) is 6.92 Å². The average molecular weight is 268 g/mol. The molecule has 0 radical (unpaired) electrons. The summed E-state index contributed by atoms with van der Waals surface area (Å²) in [5, 5.41) is 11.8. The number of amides is 1. The molecule has 1 aromatic carbocycles. The molecule has 1 atom stereocenters. The number of rotatable bonds is 5. The Hall–Kier alpha value is -1.62. The van der Waals surface area contributed by atoms with Crippen LogP contribution in [0.2, 0.25) is 0 Å². The highest BCUT2D eigenvalue weighted by Crippen LogP contribution is 2.19. The van der Waals surface area contributed by atoms with Gasteiger partial charge in [0.2, 0.25) is 0 Å². The zero-order valence-corrected chi connectivity index (χ0v) is 11.6. The van der Waals surface area contributed by atoms with Crippen LogP contribution in [0.3, 0.4) is 0 Å². The molecule has 0 aromatic heterocycles. The molecule has 0 bridgehead atoms. The molecule has 0 heterocycles. The van der Waals surface area contributed by atoms with Crippen LogP contribution in [0.15, 0.2) is 12.1 Å². The van der Waals surface area contributed by atoms with Gasteiger partial charge in [-0.15, -0.1) is 0 Å². The van der Waals surface area contributed by atoms with E-state index in [0.29, 0.717) is 18.4 Å². The Morgan fingerprint density at radius 2 is 2.16 bits per heavy atom. The zero-order valence-electron chi connectivity index (χ0n) is 11.6. The third-order valence-electron chi connectivity index (χ3n) is 3.51. The second-order valence-electron chi connectivity index (χ2n) is 5.01. The Morgan fingerprint density at radius 3 is 2.63 bits per heavy atom. The normalized spacial score (nSPS) is 13.9. The molecule has 1 unspecified atom stereocenters. The topological polar surface area (TPSA) is 75.3 Å². The maximum Gasteiger partial charge on any atom is 0.251 e. The van der Waals surface area contributed by atoms with E-state index in [9.17, 15) is 9.18 Å². The van der Waals surface area contributed by atoms with E-state index in [4.69, 9.17) is 10.8 Å². The highest BCUT2D eigenvalue weighted by atomic mass is 19.1. The summed E-state index contributed by atoms with van der Waals surface area (Å²) in [6.07, 6.45) is 1.11. The Bertz CT molecular complexity index is 454. The van der Waals surface area contributed by atoms with E-state index >= 15 is 0 Å². The summed E-state index contributed by atoms with van der Waals surface area (Å²) in [7, 11) is 0. The summed E-state index contributed by atoms with van der Waals surface area (Å²) in [5.74, 6) is -0.881. The third kappa shape index (κ3) is 3.67. The van der Waals surface area contributed by atoms with Gasteiger partial charge < -0.3 is 16.2 Å². The molecule has 0 aliphatic carbocycles. The zero-order chi connectivity index (χ0) is 14.6. The van der Waals surface area contributed by atoms with Crippen molar-refractivity contribution in [3.63, 3.8) is 0 Å². The largest absolute Gasteiger partial charge is 0.398 e. The fraction of sp³-hybridized carbons (Fsp3) is 0.500. The number of nitrogens with one attached hydrogen (secondary N) is 1. The van der Waals surface area contributed by atoms with Crippen LogP contribution < -0.4 is 11.1 Å². The number of anilines is 1. The molecule has 0 spiro atoms. The molecule has 106 valence electrons. The highest BCUT2D eigenvalue weighted by molar-refractivity contribution is 5.95. The molecule has 1 rings (SSSR count). The van der Waals surface area contributed by atoms with Gasteiger partial charge in [-0.05, 0) is 38.8 Å². The number of aliphatic hydroxyl groups excluding tert-OH is 1. The van der Waals surface area contributed by atoms with Gasteiger partial charge in [0.05, 0.1) is 0 Å². The van der Waals surface area contributed by atoms with E-state index in [-0.39, 0.29) is 23.8 Å². The maximum absolute atomic E-state index is 13.6. The van der Waals surface area contributed by atoms with Crippen molar-refractivity contribution in [3.05, 3.63) is 29.1 Å². The van der Waals surface area contributed by atoms with Gasteiger partial charge in [-0.25, -0.2) is 4.39 Å². The summed E-state index contributed by atoms with van der Waals surface area (Å²) in [6, 6.07) is 2.64. The van der Waals surface area contributed by atoms with E-state index in [1.165, 1.54) is 12.1 Å². The van der Waals surface area contributed by atoms with E-state index in [2.05, 4.69) is 5.32 Å². The van der Waals surface area contributed by atoms with E-state index < -0.39 is 11.4 Å². The molecule has 0 saturated carbocycles. The van der Waals surface area contributed by atoms with Crippen LogP contribution in [-0.2, 0) is 0 Å². The number of carbonyl (C=O) groups excluding carboxylic acids is 1. The first-order valence-electron chi connectivity index (χ1n) is 6.32. The van der Waals surface area contributed by atoms with Gasteiger partial charge in [-0.2, -0.15) is 0 Å². The van der Waals surface area contributed by atoms with Crippen molar-refractivity contribution in [1.29, 1.82) is 0 Å². The molecule has 1 aromatic rings. The first-order chi connectivity index (χ1) is 8.83. The quantitative estimate of drug-likeness (QED) is 0.715. The number of nitrogen functional groups attached to an aromatic ring is 1. The van der Waals surface area contributed by atoms with E-state index in [1.54, 1.807) is 6.92 Å². The SMILES string of the molecule is CCC(C)(CCO)NC(=O)c1cc(N)c(C)c(F)c1. The fourth-order valence-electron chi connectivity index (χ4n) is 1.75. The first-order valence-corrected chi connectivity index (χ1v) is 6.32. The number of carbonyl (C=O) groups is 1. The number of hydrogen-bond acceptors (Lipinski definition) is 3. The predicted molar refractivity (Wildman–Crippen MR) is 73.4 cm³/mol. The first kappa shape index (κ1) is 15.4. The van der Waals surface area contributed by atoms with Gasteiger partial charge in [0.15, 0.2) is 0 Å². The molecule has 0 aliphatic rings. The molecule has 0 aliphatic heterocycles. The second-order valence-corrected chi connectivity index (χ2v) is 5.01. The average Bonchev–Trinajstić information content (AvgIpc) is 2.35. The maximum atomic E-state index is 13.6. The van der Waals surface area contributed by atoms with Crippen LogP contribution >= 0.6 is 0 Å². The van der Waals surface area contributed by atoms with Crippen molar-refractivity contribution in [2.75, 3.05) is 12.3 Å². The van der Waals surface area contributed by atoms with Gasteiger partial charge in [0.25, 0.3) is 5.91 Å².